The fraction of sp³-hybridized carbons (Fsp3) is 0. The van der Waals surface area contributed by atoms with E-state index in [4.69, 9.17) is 5.73 Å². The van der Waals surface area contributed by atoms with E-state index in [1.807, 2.05) is 0 Å². The van der Waals surface area contributed by atoms with E-state index in [1.54, 1.807) is 24.3 Å². The van der Waals surface area contributed by atoms with E-state index in [1.165, 1.54) is 12.3 Å². The molecule has 0 unspecified atom stereocenters. The molecule has 0 spiro atoms. The third-order valence-corrected chi connectivity index (χ3v) is 2.92. The Morgan fingerprint density at radius 3 is 2.78 bits per heavy atom. The molecule has 5 nitrogen and oxygen atoms in total. The number of aromatic nitrogens is 1. The van der Waals surface area contributed by atoms with E-state index in [9.17, 15) is 9.90 Å². The van der Waals surface area contributed by atoms with Gasteiger partial charge in [-0.25, -0.2) is 4.98 Å². The first-order chi connectivity index (χ1) is 8.56. The Morgan fingerprint density at radius 1 is 1.33 bits per heavy atom. The summed E-state index contributed by atoms with van der Waals surface area (Å²) < 4.78 is 0.867. The normalized spacial score (nSPS) is 10.1. The zero-order valence-corrected chi connectivity index (χ0v) is 11.4. The highest BCUT2D eigenvalue weighted by atomic mass is 127. The van der Waals surface area contributed by atoms with Crippen LogP contribution in [0, 0.1) is 3.57 Å². The monoisotopic (exact) mass is 355 g/mol. The van der Waals surface area contributed by atoms with Crippen LogP contribution in [0.2, 0.25) is 0 Å². The van der Waals surface area contributed by atoms with Crippen LogP contribution in [0.3, 0.4) is 0 Å². The maximum absolute atomic E-state index is 11.9. The zero-order chi connectivity index (χ0) is 13.1. The Kier molecular flexibility index (Phi) is 3.66. The van der Waals surface area contributed by atoms with Crippen LogP contribution in [0.15, 0.2) is 36.5 Å². The van der Waals surface area contributed by atoms with Crippen LogP contribution < -0.4 is 11.1 Å². The number of anilines is 2. The van der Waals surface area contributed by atoms with Crippen molar-refractivity contribution < 1.29 is 9.90 Å². The Balaban J connectivity index is 2.21. The lowest BCUT2D eigenvalue weighted by atomic mass is 10.2. The average molecular weight is 355 g/mol. The summed E-state index contributed by atoms with van der Waals surface area (Å²) in [5, 5.41) is 12.3. The molecular weight excluding hydrogens is 345 g/mol. The molecule has 92 valence electrons. The second kappa shape index (κ2) is 5.21. The zero-order valence-electron chi connectivity index (χ0n) is 9.22. The van der Waals surface area contributed by atoms with Gasteiger partial charge in [0.15, 0.2) is 0 Å². The summed E-state index contributed by atoms with van der Waals surface area (Å²) in [6.07, 6.45) is 1.46. The van der Waals surface area contributed by atoms with Crippen LogP contribution >= 0.6 is 22.6 Å². The second-order valence-electron chi connectivity index (χ2n) is 3.59. The van der Waals surface area contributed by atoms with Crippen LogP contribution in [-0.4, -0.2) is 16.0 Å². The third-order valence-electron chi connectivity index (χ3n) is 2.25. The molecule has 0 radical (unpaired) electrons. The summed E-state index contributed by atoms with van der Waals surface area (Å²) in [5.74, 6) is -0.0704. The number of nitrogens with zero attached hydrogens (tertiary/aromatic N) is 1. The van der Waals surface area contributed by atoms with Gasteiger partial charge >= 0.3 is 0 Å². The van der Waals surface area contributed by atoms with Crippen molar-refractivity contribution in [3.63, 3.8) is 0 Å². The minimum atomic E-state index is -0.391. The van der Waals surface area contributed by atoms with Crippen LogP contribution in [-0.2, 0) is 0 Å². The van der Waals surface area contributed by atoms with Crippen molar-refractivity contribution in [2.24, 2.45) is 0 Å². The van der Waals surface area contributed by atoms with Gasteiger partial charge in [-0.3, -0.25) is 4.79 Å². The molecule has 0 bridgehead atoms. The summed E-state index contributed by atoms with van der Waals surface area (Å²) >= 11 is 2.07. The molecule has 0 aliphatic rings. The summed E-state index contributed by atoms with van der Waals surface area (Å²) in [5.41, 5.74) is 6.19. The number of hydrogen-bond acceptors (Lipinski definition) is 4. The van der Waals surface area contributed by atoms with E-state index < -0.39 is 5.91 Å². The average Bonchev–Trinajstić information content (AvgIpc) is 2.35. The molecule has 4 N–H and O–H groups in total. The summed E-state index contributed by atoms with van der Waals surface area (Å²) in [4.78, 5) is 15.8. The molecular formula is C12H10IN3O2. The van der Waals surface area contributed by atoms with Gasteiger partial charge in [-0.1, -0.05) is 0 Å². The van der Waals surface area contributed by atoms with Crippen LogP contribution in [0.5, 0.6) is 5.75 Å². The number of amides is 1. The SMILES string of the molecule is Nc1ccc(NC(=O)c2cc(I)ccc2O)cn1. The van der Waals surface area contributed by atoms with Crippen LogP contribution in [0.25, 0.3) is 0 Å². The largest absolute Gasteiger partial charge is 0.507 e. The maximum atomic E-state index is 11.9. The van der Waals surface area contributed by atoms with Gasteiger partial charge in [0.25, 0.3) is 5.91 Å². The van der Waals surface area contributed by atoms with Crippen molar-refractivity contribution in [1.29, 1.82) is 0 Å². The first-order valence-corrected chi connectivity index (χ1v) is 6.15. The van der Waals surface area contributed by atoms with Crippen molar-refractivity contribution >= 4 is 40.0 Å². The summed E-state index contributed by atoms with van der Waals surface area (Å²) in [7, 11) is 0. The first kappa shape index (κ1) is 12.6. The van der Waals surface area contributed by atoms with Gasteiger partial charge in [0.2, 0.25) is 0 Å². The Morgan fingerprint density at radius 2 is 2.11 bits per heavy atom. The highest BCUT2D eigenvalue weighted by Gasteiger charge is 2.11. The van der Waals surface area contributed by atoms with Crippen molar-refractivity contribution in [2.75, 3.05) is 11.1 Å². The van der Waals surface area contributed by atoms with E-state index in [2.05, 4.69) is 32.9 Å². The van der Waals surface area contributed by atoms with Crippen molar-refractivity contribution in [2.45, 2.75) is 0 Å². The molecule has 2 aromatic rings. The molecule has 1 aromatic heterocycles. The standard InChI is InChI=1S/C12H10IN3O2/c13-7-1-3-10(17)9(5-7)12(18)16-8-2-4-11(14)15-6-8/h1-6,17H,(H2,14,15)(H,16,18). The number of pyridine rings is 1. The predicted molar refractivity (Wildman–Crippen MR) is 77.4 cm³/mol. The molecule has 1 amide bonds. The summed E-state index contributed by atoms with van der Waals surface area (Å²) in [6.45, 7) is 0. The molecule has 0 aliphatic carbocycles. The number of phenolic OH excluding ortho intramolecular Hbond substituents is 1. The fourth-order valence-electron chi connectivity index (χ4n) is 1.37. The van der Waals surface area contributed by atoms with Crippen molar-refractivity contribution in [3.8, 4) is 5.75 Å². The smallest absolute Gasteiger partial charge is 0.259 e. The highest BCUT2D eigenvalue weighted by molar-refractivity contribution is 14.1. The lowest BCUT2D eigenvalue weighted by Gasteiger charge is -2.07. The van der Waals surface area contributed by atoms with Crippen molar-refractivity contribution in [3.05, 3.63) is 45.7 Å². The number of benzene rings is 1. The third kappa shape index (κ3) is 2.89. The molecule has 0 atom stereocenters. The van der Waals surface area contributed by atoms with E-state index in [0.29, 0.717) is 11.5 Å². The topological polar surface area (TPSA) is 88.2 Å². The van der Waals surface area contributed by atoms with Crippen LogP contribution in [0.1, 0.15) is 10.4 Å². The molecule has 18 heavy (non-hydrogen) atoms. The number of phenols is 1. The van der Waals surface area contributed by atoms with Gasteiger partial charge in [0.05, 0.1) is 17.4 Å². The Bertz CT molecular complexity index is 584. The molecule has 0 fully saturated rings. The predicted octanol–water partition coefficient (Wildman–Crippen LogP) is 2.23. The van der Waals surface area contributed by atoms with Gasteiger partial charge in [0, 0.05) is 3.57 Å². The number of nitrogens with one attached hydrogen (secondary N) is 1. The van der Waals surface area contributed by atoms with Crippen molar-refractivity contribution in [1.82, 2.24) is 4.98 Å². The van der Waals surface area contributed by atoms with Crippen LogP contribution in [0.4, 0.5) is 11.5 Å². The van der Waals surface area contributed by atoms with Gasteiger partial charge in [0.1, 0.15) is 11.6 Å². The van der Waals surface area contributed by atoms with E-state index in [-0.39, 0.29) is 11.3 Å². The maximum Gasteiger partial charge on any atom is 0.259 e. The lowest BCUT2D eigenvalue weighted by molar-refractivity contribution is 0.102. The molecule has 2 rings (SSSR count). The number of carbonyl (C=O) groups is 1. The van der Waals surface area contributed by atoms with E-state index >= 15 is 0 Å². The molecule has 0 saturated carbocycles. The molecule has 6 heteroatoms. The molecule has 1 heterocycles. The number of aromatic hydroxyl groups is 1. The molecule has 0 saturated heterocycles. The highest BCUT2D eigenvalue weighted by Crippen LogP contribution is 2.21. The number of hydrogen-bond donors (Lipinski definition) is 3. The first-order valence-electron chi connectivity index (χ1n) is 5.07. The summed E-state index contributed by atoms with van der Waals surface area (Å²) in [6, 6.07) is 8.04. The van der Waals surface area contributed by atoms with Gasteiger partial charge < -0.3 is 16.2 Å². The fourth-order valence-corrected chi connectivity index (χ4v) is 1.86. The molecule has 0 aliphatic heterocycles. The van der Waals surface area contributed by atoms with Gasteiger partial charge in [-0.2, -0.15) is 0 Å². The number of rotatable bonds is 2. The lowest BCUT2D eigenvalue weighted by Crippen LogP contribution is -2.12. The van der Waals surface area contributed by atoms with E-state index in [0.717, 1.165) is 3.57 Å². The van der Waals surface area contributed by atoms with Gasteiger partial charge in [-0.15, -0.1) is 0 Å². The second-order valence-corrected chi connectivity index (χ2v) is 4.83. The molecule has 1 aromatic carbocycles. The minimum absolute atomic E-state index is 0.0590. The Labute approximate surface area is 117 Å². The number of nitrogen functional groups attached to an aromatic ring is 1. The quantitative estimate of drug-likeness (QED) is 0.721. The Hall–Kier alpha value is -1.83. The number of halogens is 1. The van der Waals surface area contributed by atoms with Gasteiger partial charge in [-0.05, 0) is 52.9 Å². The number of carbonyl (C=O) groups excluding carboxylic acids is 1. The minimum Gasteiger partial charge on any atom is -0.507 e. The number of nitrogens with two attached hydrogens (primary N) is 1.